The summed E-state index contributed by atoms with van der Waals surface area (Å²) in [5.41, 5.74) is 0. The molecule has 1 aliphatic heterocycles. The number of nitrogens with zero attached hydrogens (tertiary/aromatic N) is 1. The van der Waals surface area contributed by atoms with Crippen LogP contribution in [0.5, 0.6) is 0 Å². The zero-order chi connectivity index (χ0) is 11.6. The Morgan fingerprint density at radius 1 is 1.33 bits per heavy atom. The molecule has 0 radical (unpaired) electrons. The third-order valence-corrected chi connectivity index (χ3v) is 2.12. The summed E-state index contributed by atoms with van der Waals surface area (Å²) in [4.78, 5) is 12.5. The van der Waals surface area contributed by atoms with E-state index in [2.05, 4.69) is 0 Å². The number of carbonyl (C=O) groups is 1. The minimum atomic E-state index is -4.43. The van der Waals surface area contributed by atoms with Crippen molar-refractivity contribution in [3.63, 3.8) is 0 Å². The van der Waals surface area contributed by atoms with Gasteiger partial charge in [0.15, 0.2) is 0 Å². The molecule has 0 saturated carbocycles. The Morgan fingerprint density at radius 2 is 1.80 bits per heavy atom. The average molecular weight is 225 g/mol. The first kappa shape index (κ1) is 12.3. The van der Waals surface area contributed by atoms with Crippen LogP contribution in [0.25, 0.3) is 0 Å². The van der Waals surface area contributed by atoms with E-state index in [1.807, 2.05) is 0 Å². The van der Waals surface area contributed by atoms with Gasteiger partial charge in [-0.25, -0.2) is 0 Å². The minimum absolute atomic E-state index is 0.203. The lowest BCUT2D eigenvalue weighted by molar-refractivity contribution is -0.168. The summed E-state index contributed by atoms with van der Waals surface area (Å²) in [6.07, 6.45) is -6.22. The van der Waals surface area contributed by atoms with Gasteiger partial charge in [0.25, 0.3) is 0 Å². The van der Waals surface area contributed by atoms with Crippen molar-refractivity contribution in [2.45, 2.75) is 38.7 Å². The third kappa shape index (κ3) is 4.07. The molecular weight excluding hydrogens is 211 g/mol. The Morgan fingerprint density at radius 3 is 2.20 bits per heavy atom. The van der Waals surface area contributed by atoms with Crippen molar-refractivity contribution in [2.24, 2.45) is 0 Å². The second-order valence-corrected chi connectivity index (χ2v) is 3.85. The predicted molar refractivity (Wildman–Crippen MR) is 47.3 cm³/mol. The van der Waals surface area contributed by atoms with Crippen LogP contribution in [0.15, 0.2) is 0 Å². The van der Waals surface area contributed by atoms with Crippen molar-refractivity contribution < 1.29 is 22.7 Å². The second kappa shape index (κ2) is 4.38. The molecule has 88 valence electrons. The van der Waals surface area contributed by atoms with Crippen LogP contribution in [0, 0.1) is 0 Å². The number of halogens is 3. The van der Waals surface area contributed by atoms with Gasteiger partial charge in [-0.3, -0.25) is 4.79 Å². The molecule has 0 aromatic carbocycles. The standard InChI is InChI=1S/C9H14F3NO2/c1-6-4-13(5-7(2)15-6)8(14)3-9(10,11)12/h6-7H,3-5H2,1-2H3/t6-,7-/m0/s1. The molecule has 1 rings (SSSR count). The highest BCUT2D eigenvalue weighted by Crippen LogP contribution is 2.22. The molecule has 0 bridgehead atoms. The lowest BCUT2D eigenvalue weighted by Crippen LogP contribution is -2.49. The molecule has 0 N–H and O–H groups in total. The molecule has 0 aliphatic carbocycles. The van der Waals surface area contributed by atoms with Crippen molar-refractivity contribution >= 4 is 5.91 Å². The Balaban J connectivity index is 2.52. The summed E-state index contributed by atoms with van der Waals surface area (Å²) in [5.74, 6) is -0.871. The van der Waals surface area contributed by atoms with Gasteiger partial charge in [-0.2, -0.15) is 13.2 Å². The third-order valence-electron chi connectivity index (χ3n) is 2.12. The van der Waals surface area contributed by atoms with E-state index in [1.165, 1.54) is 4.90 Å². The molecule has 15 heavy (non-hydrogen) atoms. The summed E-state index contributed by atoms with van der Waals surface area (Å²) < 4.78 is 41.3. The van der Waals surface area contributed by atoms with E-state index in [0.29, 0.717) is 0 Å². The molecule has 0 aromatic rings. The first-order valence-electron chi connectivity index (χ1n) is 4.78. The van der Waals surface area contributed by atoms with Crippen molar-refractivity contribution in [1.82, 2.24) is 4.90 Å². The normalized spacial score (nSPS) is 27.9. The molecule has 0 spiro atoms. The van der Waals surface area contributed by atoms with Gasteiger partial charge < -0.3 is 9.64 Å². The van der Waals surface area contributed by atoms with Gasteiger partial charge in [0.05, 0.1) is 12.2 Å². The summed E-state index contributed by atoms with van der Waals surface area (Å²) in [5, 5.41) is 0. The van der Waals surface area contributed by atoms with Crippen molar-refractivity contribution in [2.75, 3.05) is 13.1 Å². The Hall–Kier alpha value is -0.780. The summed E-state index contributed by atoms with van der Waals surface area (Å²) in [6.45, 7) is 3.95. The Bertz CT molecular complexity index is 232. The molecule has 0 unspecified atom stereocenters. The molecule has 6 heteroatoms. The van der Waals surface area contributed by atoms with Crippen molar-refractivity contribution in [3.05, 3.63) is 0 Å². The minimum Gasteiger partial charge on any atom is -0.372 e. The zero-order valence-corrected chi connectivity index (χ0v) is 8.67. The monoisotopic (exact) mass is 225 g/mol. The van der Waals surface area contributed by atoms with Crippen molar-refractivity contribution in [1.29, 1.82) is 0 Å². The maximum absolute atomic E-state index is 12.0. The molecule has 1 fully saturated rings. The SMILES string of the molecule is C[C@H]1CN(C(=O)CC(F)(F)F)C[C@H](C)O1. The fourth-order valence-electron chi connectivity index (χ4n) is 1.66. The first-order valence-corrected chi connectivity index (χ1v) is 4.78. The van der Waals surface area contributed by atoms with Crippen LogP contribution in [0.1, 0.15) is 20.3 Å². The van der Waals surface area contributed by atoms with Crippen LogP contribution in [0.4, 0.5) is 13.2 Å². The van der Waals surface area contributed by atoms with Crippen LogP contribution in [-0.4, -0.2) is 42.3 Å². The quantitative estimate of drug-likeness (QED) is 0.678. The molecule has 0 aromatic heterocycles. The summed E-state index contributed by atoms with van der Waals surface area (Å²) in [6, 6.07) is 0. The topological polar surface area (TPSA) is 29.5 Å². The van der Waals surface area contributed by atoms with Gasteiger partial charge >= 0.3 is 6.18 Å². The molecular formula is C9H14F3NO2. The van der Waals surface area contributed by atoms with E-state index >= 15 is 0 Å². The van der Waals surface area contributed by atoms with Gasteiger partial charge in [-0.05, 0) is 13.8 Å². The van der Waals surface area contributed by atoms with Crippen LogP contribution < -0.4 is 0 Å². The smallest absolute Gasteiger partial charge is 0.372 e. The highest BCUT2D eigenvalue weighted by atomic mass is 19.4. The molecule has 3 nitrogen and oxygen atoms in total. The van der Waals surface area contributed by atoms with E-state index < -0.39 is 18.5 Å². The number of hydrogen-bond donors (Lipinski definition) is 0. The predicted octanol–water partition coefficient (Wildman–Crippen LogP) is 1.57. The summed E-state index contributed by atoms with van der Waals surface area (Å²) >= 11 is 0. The lowest BCUT2D eigenvalue weighted by Gasteiger charge is -2.35. The van der Waals surface area contributed by atoms with Gasteiger partial charge in [0, 0.05) is 13.1 Å². The maximum Gasteiger partial charge on any atom is 0.397 e. The van der Waals surface area contributed by atoms with E-state index in [-0.39, 0.29) is 25.3 Å². The number of carbonyl (C=O) groups excluding carboxylic acids is 1. The fourth-order valence-corrected chi connectivity index (χ4v) is 1.66. The number of ether oxygens (including phenoxy) is 1. The number of amides is 1. The average Bonchev–Trinajstić information content (AvgIpc) is 1.98. The van der Waals surface area contributed by atoms with Gasteiger partial charge in [-0.15, -0.1) is 0 Å². The molecule has 2 atom stereocenters. The van der Waals surface area contributed by atoms with Crippen LogP contribution in [0.3, 0.4) is 0 Å². The first-order chi connectivity index (χ1) is 6.78. The van der Waals surface area contributed by atoms with Gasteiger partial charge in [0.1, 0.15) is 6.42 Å². The Labute approximate surface area is 86.2 Å². The van der Waals surface area contributed by atoms with Crippen LogP contribution in [0.2, 0.25) is 0 Å². The van der Waals surface area contributed by atoms with E-state index in [1.54, 1.807) is 13.8 Å². The van der Waals surface area contributed by atoms with E-state index in [0.717, 1.165) is 0 Å². The lowest BCUT2D eigenvalue weighted by atomic mass is 10.2. The number of rotatable bonds is 1. The molecule has 1 heterocycles. The van der Waals surface area contributed by atoms with E-state index in [4.69, 9.17) is 4.74 Å². The Kier molecular flexibility index (Phi) is 3.59. The zero-order valence-electron chi connectivity index (χ0n) is 8.67. The summed E-state index contributed by atoms with van der Waals surface area (Å²) in [7, 11) is 0. The fraction of sp³-hybridized carbons (Fsp3) is 0.889. The van der Waals surface area contributed by atoms with Gasteiger partial charge in [0.2, 0.25) is 5.91 Å². The van der Waals surface area contributed by atoms with Gasteiger partial charge in [-0.1, -0.05) is 0 Å². The number of hydrogen-bond acceptors (Lipinski definition) is 2. The maximum atomic E-state index is 12.0. The largest absolute Gasteiger partial charge is 0.397 e. The van der Waals surface area contributed by atoms with Crippen molar-refractivity contribution in [3.8, 4) is 0 Å². The highest BCUT2D eigenvalue weighted by Gasteiger charge is 2.35. The second-order valence-electron chi connectivity index (χ2n) is 3.85. The molecule has 1 aliphatic rings. The van der Waals surface area contributed by atoms with Crippen LogP contribution >= 0.6 is 0 Å². The molecule has 1 amide bonds. The van der Waals surface area contributed by atoms with Crippen LogP contribution in [-0.2, 0) is 9.53 Å². The highest BCUT2D eigenvalue weighted by molar-refractivity contribution is 5.77. The van der Waals surface area contributed by atoms with E-state index in [9.17, 15) is 18.0 Å². The number of alkyl halides is 3. The molecule has 1 saturated heterocycles. The number of morpholine rings is 1.